The van der Waals surface area contributed by atoms with E-state index in [9.17, 15) is 8.42 Å². The van der Waals surface area contributed by atoms with E-state index in [0.29, 0.717) is 16.3 Å². The molecule has 0 aliphatic carbocycles. The first-order valence-corrected chi connectivity index (χ1v) is 6.77. The van der Waals surface area contributed by atoms with Gasteiger partial charge in [0.2, 0.25) is 0 Å². The first-order chi connectivity index (χ1) is 6.89. The molecule has 0 bridgehead atoms. The fraction of sp³-hybridized carbons (Fsp3) is 0.300. The molecule has 0 aliphatic heterocycles. The summed E-state index contributed by atoms with van der Waals surface area (Å²) < 4.78 is 22.3. The van der Waals surface area contributed by atoms with E-state index in [1.54, 1.807) is 24.3 Å². The molecule has 0 heterocycles. The molecule has 2 N–H and O–H groups in total. The van der Waals surface area contributed by atoms with Gasteiger partial charge in [0.05, 0.1) is 9.88 Å². The van der Waals surface area contributed by atoms with Gasteiger partial charge < -0.3 is 5.73 Å². The zero-order chi connectivity index (χ0) is 11.5. The van der Waals surface area contributed by atoms with E-state index in [4.69, 9.17) is 18.0 Å². The maximum Gasteiger partial charge on any atom is 0.175 e. The van der Waals surface area contributed by atoms with Crippen molar-refractivity contribution in [3.63, 3.8) is 0 Å². The first kappa shape index (κ1) is 12.1. The lowest BCUT2D eigenvalue weighted by Gasteiger charge is -2.02. The van der Waals surface area contributed by atoms with E-state index < -0.39 is 9.84 Å². The van der Waals surface area contributed by atoms with Gasteiger partial charge in [0.15, 0.2) is 9.84 Å². The third-order valence-electron chi connectivity index (χ3n) is 2.01. The zero-order valence-electron chi connectivity index (χ0n) is 8.43. The van der Waals surface area contributed by atoms with Gasteiger partial charge in [-0.2, -0.15) is 0 Å². The Morgan fingerprint density at radius 1 is 1.33 bits per heavy atom. The van der Waals surface area contributed by atoms with E-state index in [2.05, 4.69) is 0 Å². The fourth-order valence-corrected chi connectivity index (χ4v) is 1.90. The van der Waals surface area contributed by atoms with E-state index >= 15 is 0 Å². The molecule has 0 atom stereocenters. The molecule has 0 amide bonds. The highest BCUT2D eigenvalue weighted by Crippen LogP contribution is 2.11. The molecule has 3 nitrogen and oxygen atoms in total. The number of sulfone groups is 1. The first-order valence-electron chi connectivity index (χ1n) is 4.47. The Balaban J connectivity index is 2.77. The van der Waals surface area contributed by atoms with Gasteiger partial charge >= 0.3 is 0 Å². The van der Waals surface area contributed by atoms with Gasteiger partial charge in [-0.1, -0.05) is 24.4 Å². The van der Waals surface area contributed by atoms with Crippen molar-refractivity contribution in [2.24, 2.45) is 5.73 Å². The van der Waals surface area contributed by atoms with Crippen LogP contribution in [0.1, 0.15) is 12.0 Å². The molecular formula is C10H13NO2S2. The van der Waals surface area contributed by atoms with Crippen molar-refractivity contribution in [2.75, 3.05) is 6.26 Å². The van der Waals surface area contributed by atoms with Crippen molar-refractivity contribution in [3.8, 4) is 0 Å². The summed E-state index contributed by atoms with van der Waals surface area (Å²) >= 11 is 4.76. The molecule has 5 heteroatoms. The van der Waals surface area contributed by atoms with Crippen LogP contribution in [0, 0.1) is 0 Å². The van der Waals surface area contributed by atoms with Gasteiger partial charge in [0.1, 0.15) is 0 Å². The molecule has 15 heavy (non-hydrogen) atoms. The summed E-state index contributed by atoms with van der Waals surface area (Å²) in [6.07, 6.45) is 2.59. The number of hydrogen-bond acceptors (Lipinski definition) is 3. The lowest BCUT2D eigenvalue weighted by atomic mass is 10.1. The highest BCUT2D eigenvalue weighted by molar-refractivity contribution is 7.90. The van der Waals surface area contributed by atoms with Crippen LogP contribution in [-0.4, -0.2) is 19.7 Å². The van der Waals surface area contributed by atoms with E-state index in [1.807, 2.05) is 0 Å². The topological polar surface area (TPSA) is 60.2 Å². The van der Waals surface area contributed by atoms with Crippen molar-refractivity contribution in [1.82, 2.24) is 0 Å². The number of benzene rings is 1. The summed E-state index contributed by atoms with van der Waals surface area (Å²) in [4.78, 5) is 0.809. The summed E-state index contributed by atoms with van der Waals surface area (Å²) in [6, 6.07) is 6.78. The van der Waals surface area contributed by atoms with E-state index in [1.165, 1.54) is 6.26 Å². The van der Waals surface area contributed by atoms with E-state index in [-0.39, 0.29) is 0 Å². The highest BCUT2D eigenvalue weighted by Gasteiger charge is 2.05. The Labute approximate surface area is 95.2 Å². The normalized spacial score (nSPS) is 11.3. The van der Waals surface area contributed by atoms with Crippen molar-refractivity contribution < 1.29 is 8.42 Å². The largest absolute Gasteiger partial charge is 0.393 e. The molecule has 0 saturated heterocycles. The molecule has 0 unspecified atom stereocenters. The highest BCUT2D eigenvalue weighted by atomic mass is 32.2. The Morgan fingerprint density at radius 3 is 2.27 bits per heavy atom. The minimum Gasteiger partial charge on any atom is -0.393 e. The second-order valence-electron chi connectivity index (χ2n) is 3.38. The minimum atomic E-state index is -3.10. The molecule has 0 aromatic heterocycles. The Bertz CT molecular complexity index is 449. The second kappa shape index (κ2) is 4.72. The summed E-state index contributed by atoms with van der Waals surface area (Å²) in [6.45, 7) is 0. The molecule has 1 rings (SSSR count). The minimum absolute atomic E-state index is 0.335. The van der Waals surface area contributed by atoms with Crippen LogP contribution < -0.4 is 5.73 Å². The maximum atomic E-state index is 11.2. The number of thiocarbonyl (C=S) groups is 1. The van der Waals surface area contributed by atoms with Crippen molar-refractivity contribution in [1.29, 1.82) is 0 Å². The number of hydrogen-bond donors (Lipinski definition) is 1. The van der Waals surface area contributed by atoms with Gasteiger partial charge in [0, 0.05) is 12.7 Å². The van der Waals surface area contributed by atoms with Crippen LogP contribution in [0.5, 0.6) is 0 Å². The summed E-state index contributed by atoms with van der Waals surface area (Å²) in [5.74, 6) is 0. The van der Waals surface area contributed by atoms with Crippen molar-refractivity contribution in [2.45, 2.75) is 17.7 Å². The fourth-order valence-electron chi connectivity index (χ4n) is 1.17. The zero-order valence-corrected chi connectivity index (χ0v) is 10.1. The van der Waals surface area contributed by atoms with E-state index in [0.717, 1.165) is 12.0 Å². The standard InChI is InChI=1S/C10H13NO2S2/c1-15(12,13)9-5-2-8(3-6-9)4-7-10(11)14/h2-3,5-6H,4,7H2,1H3,(H2,11,14). The molecule has 0 spiro atoms. The van der Waals surface area contributed by atoms with Crippen LogP contribution >= 0.6 is 12.2 Å². The van der Waals surface area contributed by atoms with Crippen LogP contribution in [0.2, 0.25) is 0 Å². The molecule has 0 saturated carbocycles. The monoisotopic (exact) mass is 243 g/mol. The second-order valence-corrected chi connectivity index (χ2v) is 5.92. The van der Waals surface area contributed by atoms with Gasteiger partial charge in [0.25, 0.3) is 0 Å². The third-order valence-corrected chi connectivity index (χ3v) is 3.34. The Kier molecular flexibility index (Phi) is 3.82. The quantitative estimate of drug-likeness (QED) is 0.810. The molecular weight excluding hydrogens is 230 g/mol. The summed E-state index contributed by atoms with van der Waals surface area (Å²) in [5, 5.41) is 0. The molecule has 0 aliphatic rings. The van der Waals surface area contributed by atoms with Crippen LogP contribution in [0.4, 0.5) is 0 Å². The maximum absolute atomic E-state index is 11.2. The van der Waals surface area contributed by atoms with Crippen LogP contribution in [0.25, 0.3) is 0 Å². The Hall–Kier alpha value is -0.940. The lowest BCUT2D eigenvalue weighted by molar-refractivity contribution is 0.602. The average Bonchev–Trinajstić information content (AvgIpc) is 2.14. The molecule has 0 fully saturated rings. The number of aryl methyl sites for hydroxylation is 1. The predicted molar refractivity (Wildman–Crippen MR) is 64.7 cm³/mol. The number of nitrogens with two attached hydrogens (primary N) is 1. The van der Waals surface area contributed by atoms with Gasteiger partial charge in [-0.05, 0) is 24.1 Å². The van der Waals surface area contributed by atoms with Crippen molar-refractivity contribution >= 4 is 27.0 Å². The lowest BCUT2D eigenvalue weighted by Crippen LogP contribution is -2.08. The SMILES string of the molecule is CS(=O)(=O)c1ccc(CCC(N)=S)cc1. The third kappa shape index (κ3) is 3.97. The predicted octanol–water partition coefficient (Wildman–Crippen LogP) is 1.31. The van der Waals surface area contributed by atoms with Gasteiger partial charge in [-0.3, -0.25) is 0 Å². The van der Waals surface area contributed by atoms with Crippen molar-refractivity contribution in [3.05, 3.63) is 29.8 Å². The summed E-state index contributed by atoms with van der Waals surface area (Å²) in [5.41, 5.74) is 6.41. The van der Waals surface area contributed by atoms with Crippen LogP contribution in [0.3, 0.4) is 0 Å². The number of rotatable bonds is 4. The smallest absolute Gasteiger partial charge is 0.175 e. The average molecular weight is 243 g/mol. The molecule has 82 valence electrons. The van der Waals surface area contributed by atoms with Gasteiger partial charge in [-0.25, -0.2) is 8.42 Å². The summed E-state index contributed by atoms with van der Waals surface area (Å²) in [7, 11) is -3.10. The Morgan fingerprint density at radius 2 is 1.87 bits per heavy atom. The van der Waals surface area contributed by atoms with Crippen LogP contribution in [-0.2, 0) is 16.3 Å². The molecule has 0 radical (unpaired) electrons. The van der Waals surface area contributed by atoms with Gasteiger partial charge in [-0.15, -0.1) is 0 Å². The molecule has 1 aromatic rings. The molecule has 1 aromatic carbocycles. The van der Waals surface area contributed by atoms with Crippen LogP contribution in [0.15, 0.2) is 29.2 Å².